The van der Waals surface area contributed by atoms with E-state index >= 15 is 0 Å². The molecule has 7 heteroatoms. The molecule has 0 aliphatic heterocycles. The van der Waals surface area contributed by atoms with E-state index in [9.17, 15) is 9.59 Å². The largest absolute Gasteiger partial charge is 0.494 e. The Balaban J connectivity index is 2.63. The normalized spacial score (nSPS) is 13.4. The van der Waals surface area contributed by atoms with Crippen molar-refractivity contribution in [3.63, 3.8) is 0 Å². The van der Waals surface area contributed by atoms with Crippen LogP contribution in [0.3, 0.4) is 0 Å². The molecule has 19 heavy (non-hydrogen) atoms. The summed E-state index contributed by atoms with van der Waals surface area (Å²) in [4.78, 5) is 20.7. The first kappa shape index (κ1) is 16.0. The van der Waals surface area contributed by atoms with Gasteiger partial charge in [-0.25, -0.2) is 0 Å². The van der Waals surface area contributed by atoms with E-state index in [0.717, 1.165) is 0 Å². The number of carbonyl (C=O) groups excluding carboxylic acids is 1. The molecule has 0 spiro atoms. The summed E-state index contributed by atoms with van der Waals surface area (Å²) >= 11 is 5.97. The van der Waals surface area contributed by atoms with Gasteiger partial charge in [0.15, 0.2) is 0 Å². The van der Waals surface area contributed by atoms with E-state index in [2.05, 4.69) is 37.2 Å². The molecule has 0 bridgehead atoms. The Morgan fingerprint density at radius 3 is 2.32 bits per heavy atom. The summed E-state index contributed by atoms with van der Waals surface area (Å²) in [5, 5.41) is 11.4. The lowest BCUT2D eigenvalue weighted by atomic mass is 10.2. The summed E-state index contributed by atoms with van der Waals surface area (Å²) in [6.07, 6.45) is 0. The first-order valence-corrected chi connectivity index (χ1v) is 7.33. The highest BCUT2D eigenvalue weighted by Gasteiger charge is 2.29. The van der Waals surface area contributed by atoms with Crippen molar-refractivity contribution >= 4 is 49.4 Å². The van der Waals surface area contributed by atoms with Gasteiger partial charge < -0.3 is 15.2 Å². The average Bonchev–Trinajstić information content (AvgIpc) is 2.39. The number of benzene rings is 1. The van der Waals surface area contributed by atoms with Gasteiger partial charge in [0.2, 0.25) is 5.91 Å². The Bertz CT molecular complexity index is 450. The summed E-state index contributed by atoms with van der Waals surface area (Å²) < 4.78 is 5.28. The quantitative estimate of drug-likeness (QED) is 0.727. The van der Waals surface area contributed by atoms with Gasteiger partial charge in [-0.2, -0.15) is 0 Å². The Kier molecular flexibility index (Phi) is 6.30. The molecule has 0 saturated carbocycles. The number of aliphatic carboxylic acids is 1. The third kappa shape index (κ3) is 4.83. The molecule has 0 aromatic heterocycles. The molecule has 1 rings (SSSR count). The fraction of sp³-hybridized carbons (Fsp3) is 0.333. The number of carboxylic acids is 1. The molecule has 2 N–H and O–H groups in total. The smallest absolute Gasteiger partial charge is 0.318 e. The van der Waals surface area contributed by atoms with Gasteiger partial charge in [-0.05, 0) is 31.2 Å². The van der Waals surface area contributed by atoms with E-state index in [1.54, 1.807) is 24.3 Å². The summed E-state index contributed by atoms with van der Waals surface area (Å²) in [5.41, 5.74) is 0.572. The van der Waals surface area contributed by atoms with Crippen LogP contribution >= 0.6 is 31.9 Å². The summed E-state index contributed by atoms with van der Waals surface area (Å²) in [5.74, 6) is -0.836. The molecule has 1 amide bonds. The van der Waals surface area contributed by atoms with Crippen LogP contribution in [0.2, 0.25) is 0 Å². The van der Waals surface area contributed by atoms with E-state index in [1.807, 2.05) is 6.92 Å². The molecule has 5 nitrogen and oxygen atoms in total. The summed E-state index contributed by atoms with van der Waals surface area (Å²) in [6, 6.07) is 6.83. The first-order valence-electron chi connectivity index (χ1n) is 5.50. The standard InChI is InChI=1S/C12H13Br2NO4/c1-2-19-8-5-3-7(4-6-8)15-11(16)9(13)10(14)12(17)18/h3-6,9-10H,2H2,1H3,(H,15,16)(H,17,18). The van der Waals surface area contributed by atoms with Gasteiger partial charge in [-0.15, -0.1) is 0 Å². The lowest BCUT2D eigenvalue weighted by Gasteiger charge is -2.13. The molecule has 0 fully saturated rings. The van der Waals surface area contributed by atoms with Crippen molar-refractivity contribution in [2.75, 3.05) is 11.9 Å². The average molecular weight is 395 g/mol. The van der Waals surface area contributed by atoms with Crippen LogP contribution in [0.5, 0.6) is 5.75 Å². The zero-order chi connectivity index (χ0) is 14.4. The van der Waals surface area contributed by atoms with Crippen LogP contribution < -0.4 is 10.1 Å². The van der Waals surface area contributed by atoms with Crippen LogP contribution in [0.4, 0.5) is 5.69 Å². The maximum Gasteiger partial charge on any atom is 0.318 e. The van der Waals surface area contributed by atoms with Gasteiger partial charge in [-0.3, -0.25) is 9.59 Å². The minimum Gasteiger partial charge on any atom is -0.494 e. The predicted molar refractivity (Wildman–Crippen MR) is 79.3 cm³/mol. The Labute approximate surface area is 127 Å². The minimum absolute atomic E-state index is 0.437. The van der Waals surface area contributed by atoms with Crippen LogP contribution in [-0.4, -0.2) is 33.2 Å². The lowest BCUT2D eigenvalue weighted by molar-refractivity contribution is -0.137. The highest BCUT2D eigenvalue weighted by molar-refractivity contribution is 9.12. The van der Waals surface area contributed by atoms with Crippen molar-refractivity contribution < 1.29 is 19.4 Å². The van der Waals surface area contributed by atoms with Crippen molar-refractivity contribution in [1.29, 1.82) is 0 Å². The van der Waals surface area contributed by atoms with E-state index < -0.39 is 21.5 Å². The van der Waals surface area contributed by atoms with E-state index in [0.29, 0.717) is 18.0 Å². The molecule has 1 aromatic carbocycles. The number of nitrogens with one attached hydrogen (secondary N) is 1. The number of amides is 1. The third-order valence-electron chi connectivity index (χ3n) is 2.18. The van der Waals surface area contributed by atoms with Gasteiger partial charge in [-0.1, -0.05) is 31.9 Å². The highest BCUT2D eigenvalue weighted by Crippen LogP contribution is 2.19. The van der Waals surface area contributed by atoms with Gasteiger partial charge in [0.1, 0.15) is 15.4 Å². The van der Waals surface area contributed by atoms with E-state index in [-0.39, 0.29) is 0 Å². The fourth-order valence-corrected chi connectivity index (χ4v) is 1.85. The zero-order valence-corrected chi connectivity index (χ0v) is 13.3. The van der Waals surface area contributed by atoms with Crippen LogP contribution in [0, 0.1) is 0 Å². The first-order chi connectivity index (χ1) is 8.95. The highest BCUT2D eigenvalue weighted by atomic mass is 79.9. The molecule has 104 valence electrons. The van der Waals surface area contributed by atoms with E-state index in [4.69, 9.17) is 9.84 Å². The topological polar surface area (TPSA) is 75.6 Å². The fourth-order valence-electron chi connectivity index (χ4n) is 1.27. The van der Waals surface area contributed by atoms with Crippen molar-refractivity contribution in [2.45, 2.75) is 16.6 Å². The van der Waals surface area contributed by atoms with Gasteiger partial charge in [0.25, 0.3) is 0 Å². The SMILES string of the molecule is CCOc1ccc(NC(=O)C(Br)C(Br)C(=O)O)cc1. The van der Waals surface area contributed by atoms with Gasteiger partial charge >= 0.3 is 5.97 Å². The number of anilines is 1. The summed E-state index contributed by atoms with van der Waals surface area (Å²) in [7, 11) is 0. The molecule has 0 radical (unpaired) electrons. The monoisotopic (exact) mass is 393 g/mol. The minimum atomic E-state index is -1.11. The van der Waals surface area contributed by atoms with Gasteiger partial charge in [0.05, 0.1) is 6.61 Å². The molecular formula is C12H13Br2NO4. The van der Waals surface area contributed by atoms with E-state index in [1.165, 1.54) is 0 Å². The molecular weight excluding hydrogens is 382 g/mol. The van der Waals surface area contributed by atoms with Crippen molar-refractivity contribution in [2.24, 2.45) is 0 Å². The summed E-state index contributed by atoms with van der Waals surface area (Å²) in [6.45, 7) is 2.45. The molecule has 0 aliphatic rings. The van der Waals surface area contributed by atoms with Crippen LogP contribution in [0.1, 0.15) is 6.92 Å². The molecule has 0 aliphatic carbocycles. The second-order valence-corrected chi connectivity index (χ2v) is 5.56. The molecule has 2 unspecified atom stereocenters. The molecule has 2 atom stereocenters. The molecule has 0 heterocycles. The molecule has 0 saturated heterocycles. The Morgan fingerprint density at radius 1 is 1.26 bits per heavy atom. The number of carboxylic acid groups (broad SMARTS) is 1. The van der Waals surface area contributed by atoms with Crippen LogP contribution in [-0.2, 0) is 9.59 Å². The van der Waals surface area contributed by atoms with Gasteiger partial charge in [0, 0.05) is 5.69 Å². The van der Waals surface area contributed by atoms with Crippen LogP contribution in [0.15, 0.2) is 24.3 Å². The number of carbonyl (C=O) groups is 2. The Morgan fingerprint density at radius 2 is 1.84 bits per heavy atom. The number of rotatable bonds is 6. The number of ether oxygens (including phenoxy) is 1. The van der Waals surface area contributed by atoms with Crippen molar-refractivity contribution in [3.05, 3.63) is 24.3 Å². The number of halogens is 2. The lowest BCUT2D eigenvalue weighted by Crippen LogP contribution is -2.34. The second-order valence-electron chi connectivity index (χ2n) is 3.59. The zero-order valence-electron chi connectivity index (χ0n) is 10.1. The Hall–Kier alpha value is -1.08. The van der Waals surface area contributed by atoms with Crippen molar-refractivity contribution in [3.8, 4) is 5.75 Å². The molecule has 1 aromatic rings. The maximum atomic E-state index is 11.8. The van der Waals surface area contributed by atoms with Crippen molar-refractivity contribution in [1.82, 2.24) is 0 Å². The number of alkyl halides is 2. The van der Waals surface area contributed by atoms with Crippen LogP contribution in [0.25, 0.3) is 0 Å². The second kappa shape index (κ2) is 7.49. The predicted octanol–water partition coefficient (Wildman–Crippen LogP) is 2.64. The number of hydrogen-bond acceptors (Lipinski definition) is 3. The third-order valence-corrected chi connectivity index (χ3v) is 4.75. The number of hydrogen-bond donors (Lipinski definition) is 2. The maximum absolute atomic E-state index is 11.8.